The molecule has 1 aromatic heterocycles. The first-order chi connectivity index (χ1) is 5.83. The summed E-state index contributed by atoms with van der Waals surface area (Å²) < 4.78 is 0. The number of aliphatic hydroxyl groups excluding tert-OH is 1. The quantitative estimate of drug-likeness (QED) is 0.529. The van der Waals surface area contributed by atoms with E-state index in [0.29, 0.717) is 13.1 Å². The van der Waals surface area contributed by atoms with Crippen LogP contribution < -0.4 is 10.9 Å². The second kappa shape index (κ2) is 4.69. The molecule has 12 heavy (non-hydrogen) atoms. The second-order valence-corrected chi connectivity index (χ2v) is 2.46. The van der Waals surface area contributed by atoms with E-state index in [1.807, 2.05) is 6.07 Å². The molecule has 0 amide bonds. The number of pyridine rings is 1. The molecule has 0 atom stereocenters. The van der Waals surface area contributed by atoms with Crippen LogP contribution in [0.2, 0.25) is 0 Å². The highest BCUT2D eigenvalue weighted by Gasteiger charge is 1.91. The van der Waals surface area contributed by atoms with Gasteiger partial charge in [0.2, 0.25) is 5.56 Å². The number of rotatable bonds is 4. The monoisotopic (exact) mass is 168 g/mol. The summed E-state index contributed by atoms with van der Waals surface area (Å²) in [6.07, 6.45) is 1.61. The molecule has 1 rings (SSSR count). The Morgan fingerprint density at radius 3 is 3.08 bits per heavy atom. The molecule has 0 aliphatic rings. The SMILES string of the molecule is O=c1cc(CNCCO)cc[nH]1. The third-order valence-corrected chi connectivity index (χ3v) is 1.46. The molecule has 1 heterocycles. The Labute approximate surface area is 70.3 Å². The molecule has 4 nitrogen and oxygen atoms in total. The average Bonchev–Trinajstić information content (AvgIpc) is 2.05. The van der Waals surface area contributed by atoms with Gasteiger partial charge in [0.1, 0.15) is 0 Å². The molecule has 66 valence electrons. The second-order valence-electron chi connectivity index (χ2n) is 2.46. The Morgan fingerprint density at radius 1 is 1.58 bits per heavy atom. The van der Waals surface area contributed by atoms with Crippen LogP contribution in [0.15, 0.2) is 23.1 Å². The van der Waals surface area contributed by atoms with Crippen molar-refractivity contribution in [1.29, 1.82) is 0 Å². The Balaban J connectivity index is 2.47. The molecule has 4 heteroatoms. The summed E-state index contributed by atoms with van der Waals surface area (Å²) in [5, 5.41) is 11.4. The number of aromatic nitrogens is 1. The van der Waals surface area contributed by atoms with E-state index in [1.54, 1.807) is 6.20 Å². The number of aliphatic hydroxyl groups is 1. The summed E-state index contributed by atoms with van der Waals surface area (Å²) in [5.41, 5.74) is 0.825. The van der Waals surface area contributed by atoms with Crippen molar-refractivity contribution < 1.29 is 5.11 Å². The fraction of sp³-hybridized carbons (Fsp3) is 0.375. The normalized spacial score (nSPS) is 10.1. The van der Waals surface area contributed by atoms with Crippen LogP contribution in [0.1, 0.15) is 5.56 Å². The number of hydrogen-bond acceptors (Lipinski definition) is 3. The predicted octanol–water partition coefficient (Wildman–Crippen LogP) is -0.543. The van der Waals surface area contributed by atoms with Gasteiger partial charge in [0, 0.05) is 25.4 Å². The molecule has 1 aromatic rings. The Morgan fingerprint density at radius 2 is 2.42 bits per heavy atom. The summed E-state index contributed by atoms with van der Waals surface area (Å²) in [4.78, 5) is 13.3. The molecule has 0 fully saturated rings. The van der Waals surface area contributed by atoms with Gasteiger partial charge in [-0.05, 0) is 11.6 Å². The van der Waals surface area contributed by atoms with Gasteiger partial charge in [-0.25, -0.2) is 0 Å². The minimum Gasteiger partial charge on any atom is -0.395 e. The zero-order chi connectivity index (χ0) is 8.81. The van der Waals surface area contributed by atoms with Gasteiger partial charge in [-0.3, -0.25) is 4.79 Å². The molecule has 0 aliphatic heterocycles. The van der Waals surface area contributed by atoms with E-state index in [0.717, 1.165) is 5.56 Å². The lowest BCUT2D eigenvalue weighted by Crippen LogP contribution is -2.18. The van der Waals surface area contributed by atoms with Gasteiger partial charge in [0.25, 0.3) is 0 Å². The summed E-state index contributed by atoms with van der Waals surface area (Å²) >= 11 is 0. The van der Waals surface area contributed by atoms with Crippen molar-refractivity contribution in [3.8, 4) is 0 Å². The zero-order valence-electron chi connectivity index (χ0n) is 6.71. The number of aromatic amines is 1. The van der Waals surface area contributed by atoms with Crippen LogP contribution in [-0.2, 0) is 6.54 Å². The van der Waals surface area contributed by atoms with Crippen molar-refractivity contribution >= 4 is 0 Å². The topological polar surface area (TPSA) is 65.1 Å². The highest BCUT2D eigenvalue weighted by molar-refractivity contribution is 5.09. The molecule has 0 aromatic carbocycles. The maximum absolute atomic E-state index is 10.8. The first kappa shape index (κ1) is 8.96. The van der Waals surface area contributed by atoms with Gasteiger partial charge < -0.3 is 15.4 Å². The zero-order valence-corrected chi connectivity index (χ0v) is 6.71. The van der Waals surface area contributed by atoms with Crippen molar-refractivity contribution in [2.75, 3.05) is 13.2 Å². The van der Waals surface area contributed by atoms with Crippen LogP contribution in [0.4, 0.5) is 0 Å². The molecule has 0 saturated heterocycles. The Kier molecular flexibility index (Phi) is 3.50. The molecular weight excluding hydrogens is 156 g/mol. The molecular formula is C8H12N2O2. The van der Waals surface area contributed by atoms with Crippen LogP contribution in [0, 0.1) is 0 Å². The van der Waals surface area contributed by atoms with Crippen LogP contribution in [0.5, 0.6) is 0 Å². The van der Waals surface area contributed by atoms with Gasteiger partial charge in [-0.1, -0.05) is 0 Å². The fourth-order valence-electron chi connectivity index (χ4n) is 0.911. The number of H-pyrrole nitrogens is 1. The molecule has 3 N–H and O–H groups in total. The van der Waals surface area contributed by atoms with E-state index < -0.39 is 0 Å². The minimum absolute atomic E-state index is 0.0988. The lowest BCUT2D eigenvalue weighted by Gasteiger charge is -2.00. The van der Waals surface area contributed by atoms with Gasteiger partial charge in [-0.15, -0.1) is 0 Å². The summed E-state index contributed by atoms with van der Waals surface area (Å²) in [5.74, 6) is 0. The minimum atomic E-state index is -0.0988. The average molecular weight is 168 g/mol. The van der Waals surface area contributed by atoms with Crippen molar-refractivity contribution in [1.82, 2.24) is 10.3 Å². The van der Waals surface area contributed by atoms with Crippen molar-refractivity contribution in [3.63, 3.8) is 0 Å². The molecule has 0 aliphatic carbocycles. The molecule has 0 saturated carbocycles. The van der Waals surface area contributed by atoms with Gasteiger partial charge in [0.05, 0.1) is 6.61 Å². The van der Waals surface area contributed by atoms with Crippen molar-refractivity contribution in [2.45, 2.75) is 6.54 Å². The third kappa shape index (κ3) is 2.86. The molecule has 0 bridgehead atoms. The standard InChI is InChI=1S/C8H12N2O2/c11-4-3-9-6-7-1-2-10-8(12)5-7/h1-2,5,9,11H,3-4,6H2,(H,10,12). The predicted molar refractivity (Wildman–Crippen MR) is 45.9 cm³/mol. The molecule has 0 unspecified atom stereocenters. The lowest BCUT2D eigenvalue weighted by molar-refractivity contribution is 0.292. The van der Waals surface area contributed by atoms with Crippen LogP contribution in [-0.4, -0.2) is 23.2 Å². The van der Waals surface area contributed by atoms with Crippen LogP contribution in [0.3, 0.4) is 0 Å². The van der Waals surface area contributed by atoms with Gasteiger partial charge in [0.15, 0.2) is 0 Å². The molecule has 0 spiro atoms. The Hall–Kier alpha value is -1.13. The summed E-state index contributed by atoms with van der Waals surface area (Å²) in [7, 11) is 0. The smallest absolute Gasteiger partial charge is 0.248 e. The van der Waals surface area contributed by atoms with E-state index in [-0.39, 0.29) is 12.2 Å². The van der Waals surface area contributed by atoms with Crippen molar-refractivity contribution in [3.05, 3.63) is 34.2 Å². The Bertz CT molecular complexity index is 282. The van der Waals surface area contributed by atoms with E-state index >= 15 is 0 Å². The van der Waals surface area contributed by atoms with Gasteiger partial charge >= 0.3 is 0 Å². The maximum atomic E-state index is 10.8. The summed E-state index contributed by atoms with van der Waals surface area (Å²) in [6.45, 7) is 1.28. The maximum Gasteiger partial charge on any atom is 0.248 e. The summed E-state index contributed by atoms with van der Waals surface area (Å²) in [6, 6.07) is 3.36. The number of nitrogens with one attached hydrogen (secondary N) is 2. The fourth-order valence-corrected chi connectivity index (χ4v) is 0.911. The highest BCUT2D eigenvalue weighted by atomic mass is 16.3. The highest BCUT2D eigenvalue weighted by Crippen LogP contribution is 1.90. The molecule has 0 radical (unpaired) electrons. The van der Waals surface area contributed by atoms with Crippen LogP contribution >= 0.6 is 0 Å². The van der Waals surface area contributed by atoms with E-state index in [1.165, 1.54) is 6.07 Å². The van der Waals surface area contributed by atoms with Crippen LogP contribution in [0.25, 0.3) is 0 Å². The van der Waals surface area contributed by atoms with E-state index in [2.05, 4.69) is 10.3 Å². The van der Waals surface area contributed by atoms with Crippen molar-refractivity contribution in [2.24, 2.45) is 0 Å². The lowest BCUT2D eigenvalue weighted by atomic mass is 10.3. The van der Waals surface area contributed by atoms with Gasteiger partial charge in [-0.2, -0.15) is 0 Å². The third-order valence-electron chi connectivity index (χ3n) is 1.46. The number of hydrogen-bond donors (Lipinski definition) is 3. The first-order valence-corrected chi connectivity index (χ1v) is 3.82. The van der Waals surface area contributed by atoms with E-state index in [4.69, 9.17) is 5.11 Å². The van der Waals surface area contributed by atoms with E-state index in [9.17, 15) is 4.79 Å². The largest absolute Gasteiger partial charge is 0.395 e. The first-order valence-electron chi connectivity index (χ1n) is 3.82.